The first kappa shape index (κ1) is 14.6. The van der Waals surface area contributed by atoms with Crippen LogP contribution in [0.5, 0.6) is 0 Å². The van der Waals surface area contributed by atoms with E-state index in [1.165, 1.54) is 25.7 Å². The van der Waals surface area contributed by atoms with Crippen molar-refractivity contribution in [3.8, 4) is 0 Å². The van der Waals surface area contributed by atoms with Crippen molar-refractivity contribution < 1.29 is 4.79 Å². The summed E-state index contributed by atoms with van der Waals surface area (Å²) in [6.07, 6.45) is 9.11. The number of piperidine rings is 1. The van der Waals surface area contributed by atoms with E-state index < -0.39 is 0 Å². The summed E-state index contributed by atoms with van der Waals surface area (Å²) in [7, 11) is 0. The monoisotopic (exact) mass is 289 g/mol. The molecule has 1 aromatic heterocycles. The van der Waals surface area contributed by atoms with Gasteiger partial charge >= 0.3 is 0 Å². The van der Waals surface area contributed by atoms with Gasteiger partial charge in [0.05, 0.1) is 0 Å². The predicted molar refractivity (Wildman–Crippen MR) is 84.2 cm³/mol. The molecule has 3 rings (SSSR count). The minimum absolute atomic E-state index is 0.178. The lowest BCUT2D eigenvalue weighted by atomic mass is 9.88. The van der Waals surface area contributed by atoms with Crippen LogP contribution in [-0.4, -0.2) is 34.5 Å². The van der Waals surface area contributed by atoms with Crippen LogP contribution in [0.15, 0.2) is 18.3 Å². The maximum absolute atomic E-state index is 12.9. The van der Waals surface area contributed by atoms with Gasteiger partial charge in [0.1, 0.15) is 5.69 Å². The Morgan fingerprint density at radius 1 is 1.38 bits per heavy atom. The smallest absolute Gasteiger partial charge is 0.270 e. The number of rotatable bonds is 4. The molecule has 0 radical (unpaired) electrons. The highest BCUT2D eigenvalue weighted by atomic mass is 16.2. The highest BCUT2D eigenvalue weighted by Crippen LogP contribution is 2.34. The van der Waals surface area contributed by atoms with Crippen molar-refractivity contribution in [3.63, 3.8) is 0 Å². The summed E-state index contributed by atoms with van der Waals surface area (Å²) in [4.78, 5) is 15.0. The second kappa shape index (κ2) is 6.22. The SMILES string of the molecule is CCC1CCN(C(=O)c2cccn2C2CCC2)C(CN)C1. The average molecular weight is 289 g/mol. The molecular formula is C17H27N3O. The number of carbonyl (C=O) groups excluding carboxylic acids is 1. The van der Waals surface area contributed by atoms with Gasteiger partial charge < -0.3 is 15.2 Å². The largest absolute Gasteiger partial charge is 0.340 e. The summed E-state index contributed by atoms with van der Waals surface area (Å²) in [5.74, 6) is 0.901. The molecule has 2 fully saturated rings. The van der Waals surface area contributed by atoms with E-state index in [0.717, 1.165) is 31.0 Å². The Morgan fingerprint density at radius 2 is 2.19 bits per heavy atom. The van der Waals surface area contributed by atoms with E-state index in [1.807, 2.05) is 17.0 Å². The molecule has 2 atom stereocenters. The van der Waals surface area contributed by atoms with Crippen molar-refractivity contribution in [2.75, 3.05) is 13.1 Å². The fourth-order valence-corrected chi connectivity index (χ4v) is 3.70. The van der Waals surface area contributed by atoms with Crippen LogP contribution in [0.2, 0.25) is 0 Å². The molecule has 1 aliphatic carbocycles. The molecule has 4 heteroatoms. The molecule has 21 heavy (non-hydrogen) atoms. The Hall–Kier alpha value is -1.29. The lowest BCUT2D eigenvalue weighted by Gasteiger charge is -2.39. The van der Waals surface area contributed by atoms with Crippen LogP contribution in [-0.2, 0) is 0 Å². The first-order chi connectivity index (χ1) is 10.2. The van der Waals surface area contributed by atoms with E-state index in [0.29, 0.717) is 12.6 Å². The molecule has 0 aromatic carbocycles. The molecule has 1 aromatic rings. The first-order valence-corrected chi connectivity index (χ1v) is 8.42. The van der Waals surface area contributed by atoms with Gasteiger partial charge in [-0.05, 0) is 50.2 Å². The summed E-state index contributed by atoms with van der Waals surface area (Å²) >= 11 is 0. The van der Waals surface area contributed by atoms with Gasteiger partial charge in [0.2, 0.25) is 0 Å². The van der Waals surface area contributed by atoms with Crippen LogP contribution in [0, 0.1) is 5.92 Å². The van der Waals surface area contributed by atoms with Crippen LogP contribution in [0.4, 0.5) is 0 Å². The zero-order valence-corrected chi connectivity index (χ0v) is 13.0. The van der Waals surface area contributed by atoms with Crippen LogP contribution in [0.25, 0.3) is 0 Å². The lowest BCUT2D eigenvalue weighted by molar-refractivity contribution is 0.0542. The number of hydrogen-bond acceptors (Lipinski definition) is 2. The fraction of sp³-hybridized carbons (Fsp3) is 0.706. The fourth-order valence-electron chi connectivity index (χ4n) is 3.70. The van der Waals surface area contributed by atoms with Gasteiger partial charge in [-0.1, -0.05) is 13.3 Å². The molecule has 2 unspecified atom stereocenters. The molecule has 0 bridgehead atoms. The van der Waals surface area contributed by atoms with Gasteiger partial charge in [-0.3, -0.25) is 4.79 Å². The molecule has 4 nitrogen and oxygen atoms in total. The number of nitrogens with zero attached hydrogens (tertiary/aromatic N) is 2. The number of nitrogens with two attached hydrogens (primary N) is 1. The topological polar surface area (TPSA) is 51.3 Å². The second-order valence-corrected chi connectivity index (χ2v) is 6.57. The van der Waals surface area contributed by atoms with E-state index in [1.54, 1.807) is 0 Å². The summed E-state index contributed by atoms with van der Waals surface area (Å²) in [5.41, 5.74) is 6.79. The van der Waals surface area contributed by atoms with Crippen molar-refractivity contribution in [1.29, 1.82) is 0 Å². The molecule has 116 valence electrons. The molecule has 1 aliphatic heterocycles. The molecule has 1 saturated carbocycles. The van der Waals surface area contributed by atoms with Crippen LogP contribution in [0.3, 0.4) is 0 Å². The minimum atomic E-state index is 0.178. The standard InChI is InChI=1S/C17H27N3O/c1-2-13-8-10-20(15(11-13)12-18)17(21)16-7-4-9-19(16)14-5-3-6-14/h4,7,9,13-15H,2-3,5-6,8,10-12,18H2,1H3. The molecule has 2 aliphatic rings. The zero-order valence-electron chi connectivity index (χ0n) is 13.0. The van der Waals surface area contributed by atoms with Crippen molar-refractivity contribution in [2.45, 2.75) is 57.5 Å². The van der Waals surface area contributed by atoms with Crippen molar-refractivity contribution in [3.05, 3.63) is 24.0 Å². The first-order valence-electron chi connectivity index (χ1n) is 8.42. The van der Waals surface area contributed by atoms with Crippen LogP contribution in [0.1, 0.15) is 62.0 Å². The Kier molecular flexibility index (Phi) is 4.34. The summed E-state index contributed by atoms with van der Waals surface area (Å²) in [5, 5.41) is 0. The minimum Gasteiger partial charge on any atom is -0.340 e. The maximum Gasteiger partial charge on any atom is 0.270 e. The Morgan fingerprint density at radius 3 is 2.81 bits per heavy atom. The Labute approximate surface area is 127 Å². The molecule has 2 N–H and O–H groups in total. The molecular weight excluding hydrogens is 262 g/mol. The molecule has 0 spiro atoms. The highest BCUT2D eigenvalue weighted by Gasteiger charge is 2.32. The van der Waals surface area contributed by atoms with Gasteiger partial charge in [-0.25, -0.2) is 0 Å². The number of likely N-dealkylation sites (tertiary alicyclic amines) is 1. The number of amides is 1. The van der Waals surface area contributed by atoms with E-state index in [-0.39, 0.29) is 11.9 Å². The van der Waals surface area contributed by atoms with Crippen LogP contribution >= 0.6 is 0 Å². The second-order valence-electron chi connectivity index (χ2n) is 6.57. The zero-order chi connectivity index (χ0) is 14.8. The maximum atomic E-state index is 12.9. The van der Waals surface area contributed by atoms with Crippen LogP contribution < -0.4 is 5.73 Å². The van der Waals surface area contributed by atoms with Crippen molar-refractivity contribution in [1.82, 2.24) is 9.47 Å². The van der Waals surface area contributed by atoms with E-state index in [2.05, 4.69) is 17.7 Å². The average Bonchev–Trinajstić information content (AvgIpc) is 2.93. The number of carbonyl (C=O) groups is 1. The molecule has 1 amide bonds. The number of hydrogen-bond donors (Lipinski definition) is 1. The predicted octanol–water partition coefficient (Wildman–Crippen LogP) is 2.80. The lowest BCUT2D eigenvalue weighted by Crippen LogP contribution is -2.50. The third-order valence-corrected chi connectivity index (χ3v) is 5.40. The van der Waals surface area contributed by atoms with E-state index in [4.69, 9.17) is 5.73 Å². The molecule has 2 heterocycles. The van der Waals surface area contributed by atoms with Gasteiger partial charge in [0.15, 0.2) is 0 Å². The Balaban J connectivity index is 1.76. The quantitative estimate of drug-likeness (QED) is 0.926. The highest BCUT2D eigenvalue weighted by molar-refractivity contribution is 5.93. The van der Waals surface area contributed by atoms with Crippen molar-refractivity contribution in [2.24, 2.45) is 11.7 Å². The third kappa shape index (κ3) is 2.73. The summed E-state index contributed by atoms with van der Waals surface area (Å²) in [6.45, 7) is 3.67. The van der Waals surface area contributed by atoms with Gasteiger partial charge in [0.25, 0.3) is 5.91 Å². The van der Waals surface area contributed by atoms with Crippen molar-refractivity contribution >= 4 is 5.91 Å². The van der Waals surface area contributed by atoms with E-state index in [9.17, 15) is 4.79 Å². The van der Waals surface area contributed by atoms with Gasteiger partial charge in [-0.2, -0.15) is 0 Å². The van der Waals surface area contributed by atoms with Gasteiger partial charge in [-0.15, -0.1) is 0 Å². The Bertz CT molecular complexity index is 492. The summed E-state index contributed by atoms with van der Waals surface area (Å²) in [6, 6.07) is 4.71. The van der Waals surface area contributed by atoms with Gasteiger partial charge in [0, 0.05) is 31.4 Å². The normalized spacial score (nSPS) is 26.7. The number of aromatic nitrogens is 1. The molecule has 1 saturated heterocycles. The van der Waals surface area contributed by atoms with E-state index >= 15 is 0 Å². The third-order valence-electron chi connectivity index (χ3n) is 5.40. The summed E-state index contributed by atoms with van der Waals surface area (Å²) < 4.78 is 2.19.